The van der Waals surface area contributed by atoms with Gasteiger partial charge < -0.3 is 14.6 Å². The zero-order valence-electron chi connectivity index (χ0n) is 18.2. The lowest BCUT2D eigenvalue weighted by Crippen LogP contribution is -2.43. The molecule has 1 N–H and O–H groups in total. The summed E-state index contributed by atoms with van der Waals surface area (Å²) in [4.78, 5) is 43.4. The van der Waals surface area contributed by atoms with Gasteiger partial charge in [0.25, 0.3) is 5.56 Å². The number of amides is 1. The van der Waals surface area contributed by atoms with Crippen molar-refractivity contribution in [3.8, 4) is 0 Å². The fourth-order valence-corrected chi connectivity index (χ4v) is 3.56. The van der Waals surface area contributed by atoms with Gasteiger partial charge in [0, 0.05) is 25.4 Å². The molecule has 2 aromatic carbocycles. The van der Waals surface area contributed by atoms with Crippen molar-refractivity contribution in [3.63, 3.8) is 0 Å². The Hall–Kier alpha value is -4.12. The lowest BCUT2D eigenvalue weighted by atomic mass is 10.2. The van der Waals surface area contributed by atoms with Gasteiger partial charge in [-0.3, -0.25) is 14.2 Å². The number of carbonyl (C=O) groups is 1. The maximum Gasteiger partial charge on any atom is 0.333 e. The summed E-state index contributed by atoms with van der Waals surface area (Å²) in [6.45, 7) is 0.117. The zero-order valence-corrected chi connectivity index (χ0v) is 18.2. The molecule has 2 heterocycles. The van der Waals surface area contributed by atoms with Crippen LogP contribution in [-0.4, -0.2) is 38.3 Å². The number of carbonyl (C=O) groups excluding carboxylic acids is 1. The van der Waals surface area contributed by atoms with E-state index in [9.17, 15) is 23.2 Å². The van der Waals surface area contributed by atoms with Gasteiger partial charge in [-0.05, 0) is 17.7 Å². The number of hydrogen-bond acceptors (Lipinski definition) is 5. The Labute approximate surface area is 191 Å². The van der Waals surface area contributed by atoms with Gasteiger partial charge in [0.05, 0.1) is 19.5 Å². The fraction of sp³-hybridized carbons (Fsp3) is 0.217. The quantitative estimate of drug-likeness (QED) is 0.425. The molecule has 0 fully saturated rings. The fourth-order valence-electron chi connectivity index (χ4n) is 3.56. The number of nitrogens with zero attached hydrogens (tertiary/aromatic N) is 4. The molecule has 176 valence electrons. The number of halogens is 2. The third-order valence-corrected chi connectivity index (χ3v) is 5.21. The van der Waals surface area contributed by atoms with Crippen LogP contribution < -0.4 is 16.6 Å². The first kappa shape index (κ1) is 23.1. The summed E-state index contributed by atoms with van der Waals surface area (Å²) in [6.07, 6.45) is 1.44. The van der Waals surface area contributed by atoms with Gasteiger partial charge in [0.15, 0.2) is 22.8 Å². The Morgan fingerprint density at radius 3 is 2.53 bits per heavy atom. The van der Waals surface area contributed by atoms with Crippen LogP contribution >= 0.6 is 0 Å². The Morgan fingerprint density at radius 2 is 1.82 bits per heavy atom. The van der Waals surface area contributed by atoms with Crippen LogP contribution in [-0.2, 0) is 29.2 Å². The van der Waals surface area contributed by atoms with E-state index in [1.54, 1.807) is 4.57 Å². The molecule has 0 radical (unpaired) electrons. The van der Waals surface area contributed by atoms with Gasteiger partial charge >= 0.3 is 5.69 Å². The van der Waals surface area contributed by atoms with Gasteiger partial charge in [-0.25, -0.2) is 23.1 Å². The molecular formula is C23H21F2N5O4. The number of rotatable bonds is 8. The topological polar surface area (TPSA) is 100 Å². The first-order valence-electron chi connectivity index (χ1n) is 10.3. The summed E-state index contributed by atoms with van der Waals surface area (Å²) in [6, 6.07) is 12.0. The molecule has 4 rings (SSSR count). The van der Waals surface area contributed by atoms with E-state index < -0.39 is 35.3 Å². The van der Waals surface area contributed by atoms with E-state index in [2.05, 4.69) is 10.3 Å². The number of anilines is 1. The van der Waals surface area contributed by atoms with E-state index in [1.165, 1.54) is 24.1 Å². The predicted molar refractivity (Wildman–Crippen MR) is 121 cm³/mol. The minimum absolute atomic E-state index is 0.00669. The Balaban J connectivity index is 1.76. The van der Waals surface area contributed by atoms with Crippen LogP contribution in [0.4, 0.5) is 14.5 Å². The first-order valence-corrected chi connectivity index (χ1v) is 10.3. The first-order chi connectivity index (χ1) is 16.4. The number of nitrogens with one attached hydrogen (secondary N) is 1. The van der Waals surface area contributed by atoms with Gasteiger partial charge in [0.1, 0.15) is 6.54 Å². The Morgan fingerprint density at radius 1 is 1.06 bits per heavy atom. The highest BCUT2D eigenvalue weighted by atomic mass is 19.2. The van der Waals surface area contributed by atoms with Crippen molar-refractivity contribution in [1.29, 1.82) is 0 Å². The maximum absolute atomic E-state index is 13.5. The number of aromatic nitrogens is 4. The Bertz CT molecular complexity index is 1460. The molecule has 2 aromatic heterocycles. The van der Waals surface area contributed by atoms with Crippen LogP contribution in [0.2, 0.25) is 0 Å². The summed E-state index contributed by atoms with van der Waals surface area (Å²) in [5, 5.41) is 2.38. The van der Waals surface area contributed by atoms with Crippen molar-refractivity contribution in [2.24, 2.45) is 0 Å². The summed E-state index contributed by atoms with van der Waals surface area (Å²) in [7, 11) is 1.52. The van der Waals surface area contributed by atoms with Gasteiger partial charge in [-0.15, -0.1) is 0 Å². The van der Waals surface area contributed by atoms with Gasteiger partial charge in [0.2, 0.25) is 5.91 Å². The van der Waals surface area contributed by atoms with E-state index in [4.69, 9.17) is 4.74 Å². The normalized spacial score (nSPS) is 11.1. The van der Waals surface area contributed by atoms with Crippen molar-refractivity contribution in [2.45, 2.75) is 19.6 Å². The number of benzene rings is 2. The van der Waals surface area contributed by atoms with Crippen LogP contribution in [0.15, 0.2) is 64.4 Å². The van der Waals surface area contributed by atoms with Crippen LogP contribution in [0.25, 0.3) is 11.2 Å². The SMILES string of the molecule is COCCn1cnc2c1c(=O)n(CC(=O)Nc1ccc(F)c(F)c1)c(=O)n2Cc1ccccc1. The molecule has 0 spiro atoms. The van der Waals surface area contributed by atoms with E-state index in [0.717, 1.165) is 22.3 Å². The maximum atomic E-state index is 13.5. The molecule has 4 aromatic rings. The second kappa shape index (κ2) is 9.79. The number of imidazole rings is 1. The third kappa shape index (κ3) is 4.64. The smallest absolute Gasteiger partial charge is 0.333 e. The van der Waals surface area contributed by atoms with E-state index in [0.29, 0.717) is 13.2 Å². The highest BCUT2D eigenvalue weighted by molar-refractivity contribution is 5.90. The van der Waals surface area contributed by atoms with Crippen molar-refractivity contribution in [2.75, 3.05) is 19.0 Å². The number of methoxy groups -OCH3 is 1. The standard InChI is InChI=1S/C23H21F2N5O4/c1-34-10-9-28-14-26-21-20(28)22(32)30(23(33)29(21)12-15-5-3-2-4-6-15)13-19(31)27-16-7-8-17(24)18(25)11-16/h2-8,11,14H,9-10,12-13H2,1H3,(H,27,31). The van der Waals surface area contributed by atoms with E-state index in [1.807, 2.05) is 30.3 Å². The third-order valence-electron chi connectivity index (χ3n) is 5.21. The van der Waals surface area contributed by atoms with E-state index in [-0.39, 0.29) is 23.4 Å². The largest absolute Gasteiger partial charge is 0.383 e. The predicted octanol–water partition coefficient (Wildman–Crippen LogP) is 1.97. The lowest BCUT2D eigenvalue weighted by molar-refractivity contribution is -0.116. The Kier molecular flexibility index (Phi) is 6.64. The molecule has 34 heavy (non-hydrogen) atoms. The number of hydrogen-bond donors (Lipinski definition) is 1. The van der Waals surface area contributed by atoms with Crippen molar-refractivity contribution in [1.82, 2.24) is 18.7 Å². The van der Waals surface area contributed by atoms with Crippen LogP contribution in [0.1, 0.15) is 5.56 Å². The summed E-state index contributed by atoms with van der Waals surface area (Å²) in [5.41, 5.74) is -0.292. The summed E-state index contributed by atoms with van der Waals surface area (Å²) >= 11 is 0. The second-order valence-electron chi connectivity index (χ2n) is 7.53. The lowest BCUT2D eigenvalue weighted by Gasteiger charge is -2.13. The molecule has 0 saturated carbocycles. The van der Waals surface area contributed by atoms with Crippen molar-refractivity contribution >= 4 is 22.8 Å². The van der Waals surface area contributed by atoms with Crippen LogP contribution in [0.5, 0.6) is 0 Å². The molecule has 0 saturated heterocycles. The molecule has 0 unspecified atom stereocenters. The van der Waals surface area contributed by atoms with Crippen molar-refractivity contribution in [3.05, 3.63) is 92.9 Å². The molecule has 0 bridgehead atoms. The highest BCUT2D eigenvalue weighted by Gasteiger charge is 2.20. The highest BCUT2D eigenvalue weighted by Crippen LogP contribution is 2.13. The summed E-state index contributed by atoms with van der Waals surface area (Å²) in [5.74, 6) is -2.95. The molecule has 1 amide bonds. The van der Waals surface area contributed by atoms with Crippen LogP contribution in [0, 0.1) is 11.6 Å². The monoisotopic (exact) mass is 469 g/mol. The summed E-state index contributed by atoms with van der Waals surface area (Å²) < 4.78 is 35.4. The zero-order chi connectivity index (χ0) is 24.2. The molecule has 0 aliphatic heterocycles. The van der Waals surface area contributed by atoms with Crippen molar-refractivity contribution < 1.29 is 18.3 Å². The second-order valence-corrected chi connectivity index (χ2v) is 7.53. The average molecular weight is 469 g/mol. The minimum Gasteiger partial charge on any atom is -0.383 e. The minimum atomic E-state index is -1.14. The average Bonchev–Trinajstić information content (AvgIpc) is 3.25. The number of ether oxygens (including phenoxy) is 1. The molecule has 9 nitrogen and oxygen atoms in total. The van der Waals surface area contributed by atoms with Crippen LogP contribution in [0.3, 0.4) is 0 Å². The molecule has 11 heteroatoms. The number of fused-ring (bicyclic) bond motifs is 1. The van der Waals surface area contributed by atoms with E-state index >= 15 is 0 Å². The molecule has 0 aliphatic rings. The molecular weight excluding hydrogens is 448 g/mol. The van der Waals surface area contributed by atoms with Gasteiger partial charge in [-0.1, -0.05) is 30.3 Å². The molecule has 0 aliphatic carbocycles. The van der Waals surface area contributed by atoms with Gasteiger partial charge in [-0.2, -0.15) is 0 Å². The molecule has 0 atom stereocenters.